The summed E-state index contributed by atoms with van der Waals surface area (Å²) in [5.41, 5.74) is 2.84. The molecule has 0 fully saturated rings. The molecule has 1 unspecified atom stereocenters. The molecule has 1 aliphatic rings. The van der Waals surface area contributed by atoms with Crippen LogP contribution in [0.25, 0.3) is 0 Å². The molecule has 0 amide bonds. The summed E-state index contributed by atoms with van der Waals surface area (Å²) in [6.07, 6.45) is 6.37. The van der Waals surface area contributed by atoms with E-state index in [4.69, 9.17) is 0 Å². The van der Waals surface area contributed by atoms with E-state index in [0.717, 1.165) is 25.3 Å². The highest BCUT2D eigenvalue weighted by Gasteiger charge is 2.26. The van der Waals surface area contributed by atoms with E-state index in [-0.39, 0.29) is 0 Å². The van der Waals surface area contributed by atoms with E-state index in [1.165, 1.54) is 11.1 Å². The number of nitrogens with one attached hydrogen (secondary N) is 1. The molecule has 1 atom stereocenters. The molecule has 19 heavy (non-hydrogen) atoms. The second-order valence-electron chi connectivity index (χ2n) is 4.88. The number of anilines is 1. The van der Waals surface area contributed by atoms with Crippen LogP contribution in [0, 0.1) is 0 Å². The third-order valence-corrected chi connectivity index (χ3v) is 3.64. The summed E-state index contributed by atoms with van der Waals surface area (Å²) >= 11 is 0. The fourth-order valence-corrected chi connectivity index (χ4v) is 2.71. The van der Waals surface area contributed by atoms with Gasteiger partial charge >= 0.3 is 0 Å². The predicted molar refractivity (Wildman–Crippen MR) is 76.1 cm³/mol. The average Bonchev–Trinajstić information content (AvgIpc) is 2.48. The Labute approximate surface area is 113 Å². The number of nitrogens with zero attached hydrogens (tertiary/aromatic N) is 3. The number of fused-ring (bicyclic) bond motifs is 1. The summed E-state index contributed by atoms with van der Waals surface area (Å²) in [5, 5.41) is 3.28. The fraction of sp³-hybridized carbons (Fsp3) is 0.333. The molecule has 2 aromatic rings. The first-order valence-corrected chi connectivity index (χ1v) is 6.62. The van der Waals surface area contributed by atoms with E-state index in [1.807, 2.05) is 13.2 Å². The zero-order chi connectivity index (χ0) is 13.1. The van der Waals surface area contributed by atoms with E-state index >= 15 is 0 Å². The Morgan fingerprint density at radius 1 is 1.26 bits per heavy atom. The first-order valence-electron chi connectivity index (χ1n) is 6.62. The quantitative estimate of drug-likeness (QED) is 0.904. The van der Waals surface area contributed by atoms with Crippen LogP contribution >= 0.6 is 0 Å². The molecule has 0 saturated heterocycles. The van der Waals surface area contributed by atoms with E-state index in [9.17, 15) is 0 Å². The normalized spacial score (nSPS) is 18.2. The van der Waals surface area contributed by atoms with Crippen LogP contribution in [0.15, 0.2) is 42.9 Å². The number of rotatable bonds is 3. The molecule has 98 valence electrons. The van der Waals surface area contributed by atoms with Crippen molar-refractivity contribution in [2.75, 3.05) is 18.5 Å². The Kier molecular flexibility index (Phi) is 3.42. The SMILES string of the molecule is CNCC1Cc2ccccc2CN1c1cnccn1. The Bertz CT molecular complexity index is 541. The van der Waals surface area contributed by atoms with Gasteiger partial charge in [-0.25, -0.2) is 4.98 Å². The zero-order valence-corrected chi connectivity index (χ0v) is 11.1. The van der Waals surface area contributed by atoms with Gasteiger partial charge in [-0.2, -0.15) is 0 Å². The second kappa shape index (κ2) is 5.36. The van der Waals surface area contributed by atoms with E-state index < -0.39 is 0 Å². The largest absolute Gasteiger partial charge is 0.346 e. The minimum atomic E-state index is 0.427. The van der Waals surface area contributed by atoms with Gasteiger partial charge in [0.1, 0.15) is 5.82 Å². The summed E-state index contributed by atoms with van der Waals surface area (Å²) in [4.78, 5) is 11.0. The van der Waals surface area contributed by atoms with Crippen molar-refractivity contribution in [2.45, 2.75) is 19.0 Å². The van der Waals surface area contributed by atoms with E-state index in [0.29, 0.717) is 6.04 Å². The third kappa shape index (κ3) is 2.44. The highest BCUT2D eigenvalue weighted by molar-refractivity contribution is 5.44. The lowest BCUT2D eigenvalue weighted by Crippen LogP contribution is -2.46. The summed E-state index contributed by atoms with van der Waals surface area (Å²) in [6, 6.07) is 9.08. The molecule has 1 aromatic heterocycles. The molecule has 2 heterocycles. The van der Waals surface area contributed by atoms with E-state index in [1.54, 1.807) is 12.4 Å². The Morgan fingerprint density at radius 2 is 2.11 bits per heavy atom. The van der Waals surface area contributed by atoms with Crippen molar-refractivity contribution < 1.29 is 0 Å². The smallest absolute Gasteiger partial charge is 0.147 e. The highest BCUT2D eigenvalue weighted by atomic mass is 15.2. The molecule has 4 heteroatoms. The number of hydrogen-bond acceptors (Lipinski definition) is 4. The maximum absolute atomic E-state index is 4.44. The second-order valence-corrected chi connectivity index (χ2v) is 4.88. The Hall–Kier alpha value is -1.94. The van der Waals surface area contributed by atoms with Crippen LogP contribution in [-0.2, 0) is 13.0 Å². The standard InChI is InChI=1S/C15H18N4/c1-16-9-14-8-12-4-2-3-5-13(12)11-19(14)15-10-17-6-7-18-15/h2-7,10,14,16H,8-9,11H2,1H3. The van der Waals surface area contributed by atoms with Crippen molar-refractivity contribution in [3.63, 3.8) is 0 Å². The van der Waals surface area contributed by atoms with Gasteiger partial charge in [0, 0.05) is 31.5 Å². The van der Waals surface area contributed by atoms with Gasteiger partial charge in [-0.1, -0.05) is 24.3 Å². The topological polar surface area (TPSA) is 41.0 Å². The van der Waals surface area contributed by atoms with Crippen molar-refractivity contribution >= 4 is 5.82 Å². The van der Waals surface area contributed by atoms with Crippen LogP contribution in [0.3, 0.4) is 0 Å². The Balaban J connectivity index is 1.94. The molecular weight excluding hydrogens is 236 g/mol. The van der Waals surface area contributed by atoms with Crippen molar-refractivity contribution in [1.29, 1.82) is 0 Å². The summed E-state index contributed by atoms with van der Waals surface area (Å²) < 4.78 is 0. The number of hydrogen-bond donors (Lipinski definition) is 1. The van der Waals surface area contributed by atoms with Gasteiger partial charge in [0.05, 0.1) is 6.20 Å². The van der Waals surface area contributed by atoms with Gasteiger partial charge in [-0.3, -0.25) is 4.98 Å². The van der Waals surface area contributed by atoms with Crippen molar-refractivity contribution in [2.24, 2.45) is 0 Å². The van der Waals surface area contributed by atoms with Gasteiger partial charge in [-0.05, 0) is 24.6 Å². The minimum absolute atomic E-state index is 0.427. The van der Waals surface area contributed by atoms with Crippen LogP contribution in [0.4, 0.5) is 5.82 Å². The van der Waals surface area contributed by atoms with Crippen molar-refractivity contribution in [3.8, 4) is 0 Å². The molecule has 0 saturated carbocycles. The first-order chi connectivity index (χ1) is 9.38. The molecule has 3 rings (SSSR count). The third-order valence-electron chi connectivity index (χ3n) is 3.64. The summed E-state index contributed by atoms with van der Waals surface area (Å²) in [7, 11) is 2.00. The zero-order valence-electron chi connectivity index (χ0n) is 11.1. The first kappa shape index (κ1) is 12.1. The maximum atomic E-state index is 4.44. The molecule has 4 nitrogen and oxygen atoms in total. The minimum Gasteiger partial charge on any atom is -0.346 e. The number of benzene rings is 1. The summed E-state index contributed by atoms with van der Waals surface area (Å²) in [5.74, 6) is 0.956. The van der Waals surface area contributed by atoms with Gasteiger partial charge < -0.3 is 10.2 Å². The van der Waals surface area contributed by atoms with Crippen LogP contribution in [-0.4, -0.2) is 29.6 Å². The highest BCUT2D eigenvalue weighted by Crippen LogP contribution is 2.26. The number of likely N-dealkylation sites (N-methyl/N-ethyl adjacent to an activating group) is 1. The lowest BCUT2D eigenvalue weighted by atomic mass is 9.94. The van der Waals surface area contributed by atoms with Crippen molar-refractivity contribution in [3.05, 3.63) is 54.0 Å². The number of aromatic nitrogens is 2. The van der Waals surface area contributed by atoms with Crippen LogP contribution in [0.5, 0.6) is 0 Å². The van der Waals surface area contributed by atoms with Crippen LogP contribution in [0.1, 0.15) is 11.1 Å². The van der Waals surface area contributed by atoms with Crippen molar-refractivity contribution in [1.82, 2.24) is 15.3 Å². The van der Waals surface area contributed by atoms with Gasteiger partial charge in [0.25, 0.3) is 0 Å². The monoisotopic (exact) mass is 254 g/mol. The van der Waals surface area contributed by atoms with Gasteiger partial charge in [0.15, 0.2) is 0 Å². The van der Waals surface area contributed by atoms with E-state index in [2.05, 4.69) is 44.5 Å². The molecule has 0 spiro atoms. The molecule has 0 aliphatic carbocycles. The molecule has 1 aromatic carbocycles. The molecule has 0 radical (unpaired) electrons. The van der Waals surface area contributed by atoms with Gasteiger partial charge in [-0.15, -0.1) is 0 Å². The predicted octanol–water partition coefficient (Wildman–Crippen LogP) is 1.63. The molecule has 1 N–H and O–H groups in total. The molecular formula is C15H18N4. The fourth-order valence-electron chi connectivity index (χ4n) is 2.71. The lowest BCUT2D eigenvalue weighted by Gasteiger charge is -2.37. The molecule has 0 bridgehead atoms. The van der Waals surface area contributed by atoms with Gasteiger partial charge in [0.2, 0.25) is 0 Å². The summed E-state index contributed by atoms with van der Waals surface area (Å²) in [6.45, 7) is 1.85. The molecule has 1 aliphatic heterocycles. The van der Waals surface area contributed by atoms with Crippen LogP contribution in [0.2, 0.25) is 0 Å². The van der Waals surface area contributed by atoms with Crippen LogP contribution < -0.4 is 10.2 Å². The maximum Gasteiger partial charge on any atom is 0.147 e. The average molecular weight is 254 g/mol. The Morgan fingerprint density at radius 3 is 2.84 bits per heavy atom. The lowest BCUT2D eigenvalue weighted by molar-refractivity contribution is 0.523.